The lowest BCUT2D eigenvalue weighted by atomic mass is 10.3. The van der Waals surface area contributed by atoms with E-state index in [4.69, 9.17) is 0 Å². The summed E-state index contributed by atoms with van der Waals surface area (Å²) in [5.74, 6) is -0.236. The van der Waals surface area contributed by atoms with Crippen LogP contribution in [0.3, 0.4) is 0 Å². The fourth-order valence-electron chi connectivity index (χ4n) is 1.64. The van der Waals surface area contributed by atoms with E-state index in [0.29, 0.717) is 0 Å². The zero-order valence-corrected chi connectivity index (χ0v) is 11.6. The Bertz CT molecular complexity index is 711. The summed E-state index contributed by atoms with van der Waals surface area (Å²) in [5.41, 5.74) is 1.75. The van der Waals surface area contributed by atoms with Gasteiger partial charge in [0.05, 0.1) is 10.2 Å². The van der Waals surface area contributed by atoms with Gasteiger partial charge in [0.15, 0.2) is 5.13 Å². The number of anilines is 2. The number of hydrogen-bond donors (Lipinski definition) is 1. The van der Waals surface area contributed by atoms with Gasteiger partial charge in [-0.25, -0.2) is 9.37 Å². The molecule has 0 aliphatic heterocycles. The molecular weight excluding hydrogens is 315 g/mol. The van der Waals surface area contributed by atoms with Crippen molar-refractivity contribution >= 4 is 48.3 Å². The van der Waals surface area contributed by atoms with E-state index >= 15 is 0 Å². The maximum Gasteiger partial charge on any atom is 0.188 e. The first-order valence-corrected chi connectivity index (χ1v) is 6.90. The predicted octanol–water partition coefficient (Wildman–Crippen LogP) is 4.94. The molecule has 0 saturated heterocycles. The fourth-order valence-corrected chi connectivity index (χ4v) is 2.95. The first kappa shape index (κ1) is 11.6. The Hall–Kier alpha value is -1.46. The van der Waals surface area contributed by atoms with Crippen LogP contribution in [-0.4, -0.2) is 4.98 Å². The fraction of sp³-hybridized carbons (Fsp3) is 0. The number of nitrogens with zero attached hydrogens (tertiary/aromatic N) is 1. The third-order valence-corrected chi connectivity index (χ3v) is 3.85. The minimum Gasteiger partial charge on any atom is -0.331 e. The third-order valence-electron chi connectivity index (χ3n) is 2.43. The number of fused-ring (bicyclic) bond motifs is 1. The van der Waals surface area contributed by atoms with E-state index in [2.05, 4.69) is 26.2 Å². The average Bonchev–Trinajstić information content (AvgIpc) is 2.70. The summed E-state index contributed by atoms with van der Waals surface area (Å²) in [6, 6.07) is 12.4. The summed E-state index contributed by atoms with van der Waals surface area (Å²) in [5, 5.41) is 3.97. The van der Waals surface area contributed by atoms with Gasteiger partial charge in [-0.2, -0.15) is 0 Å². The van der Waals surface area contributed by atoms with Crippen molar-refractivity contribution in [1.29, 1.82) is 0 Å². The summed E-state index contributed by atoms with van der Waals surface area (Å²) < 4.78 is 14.9. The highest BCUT2D eigenvalue weighted by Crippen LogP contribution is 2.29. The van der Waals surface area contributed by atoms with Crippen molar-refractivity contribution in [1.82, 2.24) is 4.98 Å². The Labute approximate surface area is 116 Å². The Morgan fingerprint density at radius 3 is 2.89 bits per heavy atom. The van der Waals surface area contributed by atoms with Crippen LogP contribution >= 0.6 is 27.3 Å². The standard InChI is InChI=1S/C13H8BrFN2S/c14-8-2-1-3-10(6-8)16-13-17-11-5-4-9(15)7-12(11)18-13/h1-7H,(H,16,17). The van der Waals surface area contributed by atoms with Gasteiger partial charge in [0.1, 0.15) is 5.82 Å². The van der Waals surface area contributed by atoms with Crippen LogP contribution < -0.4 is 5.32 Å². The van der Waals surface area contributed by atoms with Crippen LogP contribution in [0.1, 0.15) is 0 Å². The van der Waals surface area contributed by atoms with Crippen molar-refractivity contribution in [2.24, 2.45) is 0 Å². The second-order valence-electron chi connectivity index (χ2n) is 3.77. The van der Waals surface area contributed by atoms with Crippen LogP contribution in [0.15, 0.2) is 46.9 Å². The molecule has 1 heterocycles. The van der Waals surface area contributed by atoms with Gasteiger partial charge < -0.3 is 5.32 Å². The van der Waals surface area contributed by atoms with Crippen LogP contribution in [0, 0.1) is 5.82 Å². The molecular formula is C13H8BrFN2S. The minimum atomic E-state index is -0.236. The molecule has 2 nitrogen and oxygen atoms in total. The Morgan fingerprint density at radius 1 is 1.17 bits per heavy atom. The lowest BCUT2D eigenvalue weighted by Gasteiger charge is -2.01. The predicted molar refractivity (Wildman–Crippen MR) is 77.0 cm³/mol. The largest absolute Gasteiger partial charge is 0.331 e. The lowest BCUT2D eigenvalue weighted by molar-refractivity contribution is 0.630. The van der Waals surface area contributed by atoms with E-state index in [9.17, 15) is 4.39 Å². The lowest BCUT2D eigenvalue weighted by Crippen LogP contribution is -1.88. The maximum absolute atomic E-state index is 13.1. The van der Waals surface area contributed by atoms with Gasteiger partial charge >= 0.3 is 0 Å². The molecule has 3 rings (SSSR count). The van der Waals surface area contributed by atoms with Crippen molar-refractivity contribution < 1.29 is 4.39 Å². The first-order chi connectivity index (χ1) is 8.70. The van der Waals surface area contributed by atoms with Gasteiger partial charge in [-0.15, -0.1) is 0 Å². The molecule has 0 fully saturated rings. The van der Waals surface area contributed by atoms with Crippen LogP contribution in [0.2, 0.25) is 0 Å². The zero-order chi connectivity index (χ0) is 12.5. The topological polar surface area (TPSA) is 24.9 Å². The average molecular weight is 323 g/mol. The summed E-state index contributed by atoms with van der Waals surface area (Å²) >= 11 is 4.85. The molecule has 2 aromatic carbocycles. The third kappa shape index (κ3) is 2.37. The molecule has 0 bridgehead atoms. The Balaban J connectivity index is 1.95. The number of nitrogens with one attached hydrogen (secondary N) is 1. The normalized spacial score (nSPS) is 10.8. The maximum atomic E-state index is 13.1. The highest BCUT2D eigenvalue weighted by Gasteiger charge is 2.05. The molecule has 0 saturated carbocycles. The number of aromatic nitrogens is 1. The molecule has 90 valence electrons. The van der Waals surface area contributed by atoms with Crippen LogP contribution in [0.4, 0.5) is 15.2 Å². The summed E-state index contributed by atoms with van der Waals surface area (Å²) in [4.78, 5) is 4.40. The molecule has 5 heteroatoms. The van der Waals surface area contributed by atoms with Crippen LogP contribution in [-0.2, 0) is 0 Å². The molecule has 18 heavy (non-hydrogen) atoms. The molecule has 1 aromatic heterocycles. The monoisotopic (exact) mass is 322 g/mol. The summed E-state index contributed by atoms with van der Waals surface area (Å²) in [6.07, 6.45) is 0. The second-order valence-corrected chi connectivity index (χ2v) is 5.71. The van der Waals surface area contributed by atoms with Crippen molar-refractivity contribution in [3.63, 3.8) is 0 Å². The molecule has 0 spiro atoms. The van der Waals surface area contributed by atoms with Crippen molar-refractivity contribution in [3.05, 3.63) is 52.8 Å². The molecule has 0 aliphatic rings. The van der Waals surface area contributed by atoms with Gasteiger partial charge in [-0.1, -0.05) is 33.3 Å². The molecule has 3 aromatic rings. The van der Waals surface area contributed by atoms with Gasteiger partial charge in [0, 0.05) is 10.2 Å². The minimum absolute atomic E-state index is 0.236. The van der Waals surface area contributed by atoms with E-state index in [1.54, 1.807) is 6.07 Å². The van der Waals surface area contributed by atoms with E-state index in [0.717, 1.165) is 25.5 Å². The smallest absolute Gasteiger partial charge is 0.188 e. The zero-order valence-electron chi connectivity index (χ0n) is 9.15. The van der Waals surface area contributed by atoms with Gasteiger partial charge in [-0.05, 0) is 36.4 Å². The molecule has 0 unspecified atom stereocenters. The number of thiazole rings is 1. The van der Waals surface area contributed by atoms with Crippen molar-refractivity contribution in [2.45, 2.75) is 0 Å². The SMILES string of the molecule is Fc1ccc2nc(Nc3cccc(Br)c3)sc2c1. The number of halogens is 2. The van der Waals surface area contributed by atoms with Crippen LogP contribution in [0.25, 0.3) is 10.2 Å². The van der Waals surface area contributed by atoms with E-state index in [-0.39, 0.29) is 5.82 Å². The highest BCUT2D eigenvalue weighted by atomic mass is 79.9. The van der Waals surface area contributed by atoms with Crippen molar-refractivity contribution in [3.8, 4) is 0 Å². The molecule has 0 radical (unpaired) electrons. The second kappa shape index (κ2) is 4.66. The molecule has 0 amide bonds. The number of benzene rings is 2. The molecule has 1 N–H and O–H groups in total. The number of hydrogen-bond acceptors (Lipinski definition) is 3. The number of rotatable bonds is 2. The van der Waals surface area contributed by atoms with E-state index < -0.39 is 0 Å². The van der Waals surface area contributed by atoms with E-state index in [1.165, 1.54) is 23.5 Å². The summed E-state index contributed by atoms with van der Waals surface area (Å²) in [6.45, 7) is 0. The Kier molecular flexibility index (Phi) is 3.01. The van der Waals surface area contributed by atoms with Gasteiger partial charge in [-0.3, -0.25) is 0 Å². The Morgan fingerprint density at radius 2 is 2.06 bits per heavy atom. The summed E-state index contributed by atoms with van der Waals surface area (Å²) in [7, 11) is 0. The van der Waals surface area contributed by atoms with E-state index in [1.807, 2.05) is 24.3 Å². The molecule has 0 aliphatic carbocycles. The molecule has 0 atom stereocenters. The van der Waals surface area contributed by atoms with Crippen molar-refractivity contribution in [2.75, 3.05) is 5.32 Å². The van der Waals surface area contributed by atoms with Gasteiger partial charge in [0.25, 0.3) is 0 Å². The first-order valence-electron chi connectivity index (χ1n) is 5.29. The quantitative estimate of drug-likeness (QED) is 0.722. The van der Waals surface area contributed by atoms with Gasteiger partial charge in [0.2, 0.25) is 0 Å². The highest BCUT2D eigenvalue weighted by molar-refractivity contribution is 9.10. The van der Waals surface area contributed by atoms with Crippen LogP contribution in [0.5, 0.6) is 0 Å².